The molecule has 2 saturated carbocycles. The van der Waals surface area contributed by atoms with Crippen molar-refractivity contribution in [1.29, 1.82) is 0 Å². The third kappa shape index (κ3) is 2.71. The quantitative estimate of drug-likeness (QED) is 0.839. The normalized spacial score (nSPS) is 18.8. The van der Waals surface area contributed by atoms with Crippen LogP contribution in [-0.2, 0) is 13.1 Å². The Bertz CT molecular complexity index is 610. The van der Waals surface area contributed by atoms with E-state index in [4.69, 9.17) is 4.98 Å². The summed E-state index contributed by atoms with van der Waals surface area (Å²) in [5, 5.41) is 3.84. The zero-order chi connectivity index (χ0) is 14.2. The van der Waals surface area contributed by atoms with Crippen molar-refractivity contribution in [2.75, 3.05) is 0 Å². The smallest absolute Gasteiger partial charge is 0.123 e. The molecule has 0 aliphatic heterocycles. The van der Waals surface area contributed by atoms with Crippen LogP contribution in [0.15, 0.2) is 24.3 Å². The van der Waals surface area contributed by atoms with E-state index in [0.717, 1.165) is 42.9 Å². The highest BCUT2D eigenvalue weighted by molar-refractivity contribution is 5.75. The van der Waals surface area contributed by atoms with Gasteiger partial charge in [0.05, 0.1) is 17.6 Å². The summed E-state index contributed by atoms with van der Waals surface area (Å²) in [7, 11) is 0. The highest BCUT2D eigenvalue weighted by Gasteiger charge is 2.41. The van der Waals surface area contributed by atoms with Crippen LogP contribution in [0.4, 0.5) is 0 Å². The van der Waals surface area contributed by atoms with E-state index in [1.807, 2.05) is 0 Å². The highest BCUT2D eigenvalue weighted by Crippen LogP contribution is 2.44. The van der Waals surface area contributed by atoms with Gasteiger partial charge in [0.25, 0.3) is 0 Å². The summed E-state index contributed by atoms with van der Waals surface area (Å²) in [6.07, 6.45) is 6.88. The topological polar surface area (TPSA) is 29.9 Å². The molecule has 0 radical (unpaired) electrons. The number of nitrogens with zero attached hydrogens (tertiary/aromatic N) is 2. The molecule has 112 valence electrons. The standard InChI is InChI=1S/C18H25N3/c1-2-11-21-16-6-4-3-5-15(16)20-17(21)12-19-18(13-7-8-13)14-9-10-14/h3-6,13-14,18-19H,2,7-12H2,1H3. The maximum Gasteiger partial charge on any atom is 0.123 e. The van der Waals surface area contributed by atoms with Gasteiger partial charge < -0.3 is 9.88 Å². The Morgan fingerprint density at radius 3 is 2.57 bits per heavy atom. The molecule has 4 rings (SSSR count). The van der Waals surface area contributed by atoms with E-state index in [1.165, 1.54) is 37.0 Å². The van der Waals surface area contributed by atoms with Crippen molar-refractivity contribution in [2.45, 2.75) is 58.2 Å². The Hall–Kier alpha value is -1.35. The van der Waals surface area contributed by atoms with Gasteiger partial charge in [0.2, 0.25) is 0 Å². The molecule has 21 heavy (non-hydrogen) atoms. The predicted octanol–water partition coefficient (Wildman–Crippen LogP) is 3.72. The molecule has 0 amide bonds. The molecule has 0 saturated heterocycles. The molecule has 1 aromatic heterocycles. The van der Waals surface area contributed by atoms with E-state index in [-0.39, 0.29) is 0 Å². The summed E-state index contributed by atoms with van der Waals surface area (Å²) in [5.41, 5.74) is 2.42. The van der Waals surface area contributed by atoms with Gasteiger partial charge in [-0.25, -0.2) is 4.98 Å². The lowest BCUT2D eigenvalue weighted by atomic mass is 10.1. The van der Waals surface area contributed by atoms with Crippen molar-refractivity contribution in [2.24, 2.45) is 11.8 Å². The van der Waals surface area contributed by atoms with Crippen molar-refractivity contribution in [3.63, 3.8) is 0 Å². The van der Waals surface area contributed by atoms with Gasteiger partial charge >= 0.3 is 0 Å². The minimum Gasteiger partial charge on any atom is -0.327 e. The fraction of sp³-hybridized carbons (Fsp3) is 0.611. The third-order valence-corrected chi connectivity index (χ3v) is 4.94. The maximum atomic E-state index is 4.86. The average molecular weight is 283 g/mol. The zero-order valence-electron chi connectivity index (χ0n) is 12.9. The molecule has 0 atom stereocenters. The van der Waals surface area contributed by atoms with Crippen LogP contribution in [-0.4, -0.2) is 15.6 Å². The van der Waals surface area contributed by atoms with Crippen LogP contribution < -0.4 is 5.32 Å². The Morgan fingerprint density at radius 1 is 1.19 bits per heavy atom. The molecular formula is C18H25N3. The number of hydrogen-bond donors (Lipinski definition) is 1. The number of para-hydroxylation sites is 2. The Balaban J connectivity index is 1.55. The molecule has 2 fully saturated rings. The van der Waals surface area contributed by atoms with Gasteiger partial charge in [0, 0.05) is 12.6 Å². The fourth-order valence-corrected chi connectivity index (χ4v) is 3.57. The Labute approximate surface area is 126 Å². The van der Waals surface area contributed by atoms with Crippen molar-refractivity contribution in [1.82, 2.24) is 14.9 Å². The number of imidazole rings is 1. The van der Waals surface area contributed by atoms with Crippen LogP contribution >= 0.6 is 0 Å². The first kappa shape index (κ1) is 13.3. The molecule has 0 bridgehead atoms. The van der Waals surface area contributed by atoms with Crippen LogP contribution in [0.3, 0.4) is 0 Å². The number of rotatable bonds is 7. The molecule has 3 heteroatoms. The minimum absolute atomic E-state index is 0.750. The molecule has 0 spiro atoms. The molecule has 1 aromatic carbocycles. The van der Waals surface area contributed by atoms with Crippen molar-refractivity contribution in [3.05, 3.63) is 30.1 Å². The summed E-state index contributed by atoms with van der Waals surface area (Å²) in [4.78, 5) is 4.86. The van der Waals surface area contributed by atoms with Gasteiger partial charge in [0.1, 0.15) is 5.82 Å². The van der Waals surface area contributed by atoms with Crippen molar-refractivity contribution < 1.29 is 0 Å². The summed E-state index contributed by atoms with van der Waals surface area (Å²) in [6, 6.07) is 9.27. The summed E-state index contributed by atoms with van der Waals surface area (Å²) in [5.74, 6) is 3.10. The molecule has 2 aromatic rings. The maximum absolute atomic E-state index is 4.86. The largest absolute Gasteiger partial charge is 0.327 e. The molecule has 0 unspecified atom stereocenters. The van der Waals surface area contributed by atoms with Gasteiger partial charge in [-0.15, -0.1) is 0 Å². The van der Waals surface area contributed by atoms with Crippen molar-refractivity contribution >= 4 is 11.0 Å². The molecule has 1 heterocycles. The summed E-state index contributed by atoms with van der Waals surface area (Å²) < 4.78 is 2.40. The number of aryl methyl sites for hydroxylation is 1. The number of aromatic nitrogens is 2. The number of fused-ring (bicyclic) bond motifs is 1. The van der Waals surface area contributed by atoms with Gasteiger partial charge in [0.15, 0.2) is 0 Å². The van der Waals surface area contributed by atoms with E-state index in [9.17, 15) is 0 Å². The average Bonchev–Trinajstić information content (AvgIpc) is 3.40. The lowest BCUT2D eigenvalue weighted by molar-refractivity contribution is 0.406. The van der Waals surface area contributed by atoms with Crippen LogP contribution in [0.25, 0.3) is 11.0 Å². The van der Waals surface area contributed by atoms with Crippen LogP contribution in [0, 0.1) is 11.8 Å². The van der Waals surface area contributed by atoms with Gasteiger partial charge in [-0.3, -0.25) is 0 Å². The fourth-order valence-electron chi connectivity index (χ4n) is 3.57. The molecule has 1 N–H and O–H groups in total. The lowest BCUT2D eigenvalue weighted by Crippen LogP contribution is -2.33. The molecule has 3 nitrogen and oxygen atoms in total. The molecule has 2 aliphatic rings. The second kappa shape index (κ2) is 5.45. The third-order valence-electron chi connectivity index (χ3n) is 4.94. The molecular weight excluding hydrogens is 258 g/mol. The van der Waals surface area contributed by atoms with E-state index in [0.29, 0.717) is 0 Å². The number of nitrogens with one attached hydrogen (secondary N) is 1. The monoisotopic (exact) mass is 283 g/mol. The van der Waals surface area contributed by atoms with Crippen LogP contribution in [0.1, 0.15) is 44.9 Å². The second-order valence-corrected chi connectivity index (χ2v) is 6.75. The highest BCUT2D eigenvalue weighted by atomic mass is 15.1. The van der Waals surface area contributed by atoms with E-state index >= 15 is 0 Å². The van der Waals surface area contributed by atoms with Gasteiger partial charge in [-0.05, 0) is 56.1 Å². The van der Waals surface area contributed by atoms with Crippen molar-refractivity contribution in [3.8, 4) is 0 Å². The predicted molar refractivity (Wildman–Crippen MR) is 86.1 cm³/mol. The van der Waals surface area contributed by atoms with E-state index in [1.54, 1.807) is 0 Å². The number of hydrogen-bond acceptors (Lipinski definition) is 2. The first-order valence-corrected chi connectivity index (χ1v) is 8.54. The Morgan fingerprint density at radius 2 is 1.90 bits per heavy atom. The summed E-state index contributed by atoms with van der Waals surface area (Å²) in [6.45, 7) is 4.23. The summed E-state index contributed by atoms with van der Waals surface area (Å²) >= 11 is 0. The molecule has 2 aliphatic carbocycles. The van der Waals surface area contributed by atoms with Gasteiger partial charge in [-0.1, -0.05) is 19.1 Å². The van der Waals surface area contributed by atoms with Gasteiger partial charge in [-0.2, -0.15) is 0 Å². The van der Waals surface area contributed by atoms with Crippen LogP contribution in [0.5, 0.6) is 0 Å². The minimum atomic E-state index is 0.750. The van der Waals surface area contributed by atoms with Crippen LogP contribution in [0.2, 0.25) is 0 Å². The zero-order valence-corrected chi connectivity index (χ0v) is 12.9. The first-order chi connectivity index (χ1) is 10.4. The lowest BCUT2D eigenvalue weighted by Gasteiger charge is -2.18. The van der Waals surface area contributed by atoms with E-state index < -0.39 is 0 Å². The SMILES string of the molecule is CCCn1c(CNC(C2CC2)C2CC2)nc2ccccc21. The van der Waals surface area contributed by atoms with E-state index in [2.05, 4.69) is 41.1 Å². The Kier molecular flexibility index (Phi) is 3.46. The second-order valence-electron chi connectivity index (χ2n) is 6.75. The first-order valence-electron chi connectivity index (χ1n) is 8.54. The number of benzene rings is 1.